The minimum absolute atomic E-state index is 0.0462. The van der Waals surface area contributed by atoms with Gasteiger partial charge < -0.3 is 9.15 Å². The molecule has 1 aromatic heterocycles. The average Bonchev–Trinajstić information content (AvgIpc) is 2.86. The van der Waals surface area contributed by atoms with Crippen LogP contribution in [0, 0.1) is 11.7 Å². The van der Waals surface area contributed by atoms with Crippen LogP contribution in [-0.2, 0) is 0 Å². The number of fused-ring (bicyclic) bond motifs is 1. The normalized spacial score (nSPS) is 18.3. The number of hydrogen-bond donors (Lipinski definition) is 0. The average molecular weight is 465 g/mol. The first-order valence-electron chi connectivity index (χ1n) is 13.1. The largest absolute Gasteiger partial charge is 0.490 e. The Morgan fingerprint density at radius 1 is 0.941 bits per heavy atom. The topological polar surface area (TPSA) is 39.4 Å². The molecule has 0 atom stereocenters. The molecule has 2 aromatic carbocycles. The van der Waals surface area contributed by atoms with E-state index in [9.17, 15) is 9.18 Å². The molecule has 1 heterocycles. The molecule has 34 heavy (non-hydrogen) atoms. The predicted molar refractivity (Wildman–Crippen MR) is 137 cm³/mol. The van der Waals surface area contributed by atoms with E-state index < -0.39 is 11.4 Å². The van der Waals surface area contributed by atoms with Gasteiger partial charge in [-0.25, -0.2) is 4.79 Å². The highest BCUT2D eigenvalue weighted by Crippen LogP contribution is 2.38. The van der Waals surface area contributed by atoms with Crippen molar-refractivity contribution in [3.05, 3.63) is 64.3 Å². The zero-order valence-electron chi connectivity index (χ0n) is 20.6. The van der Waals surface area contributed by atoms with E-state index in [1.54, 1.807) is 18.2 Å². The van der Waals surface area contributed by atoms with Crippen molar-refractivity contribution in [1.82, 2.24) is 0 Å². The maximum absolute atomic E-state index is 14.8. The molecule has 0 amide bonds. The lowest BCUT2D eigenvalue weighted by atomic mass is 9.77. The van der Waals surface area contributed by atoms with E-state index in [0.717, 1.165) is 24.3 Å². The van der Waals surface area contributed by atoms with Gasteiger partial charge >= 0.3 is 5.63 Å². The van der Waals surface area contributed by atoms with Crippen molar-refractivity contribution in [2.24, 2.45) is 5.92 Å². The van der Waals surface area contributed by atoms with Gasteiger partial charge in [0.05, 0.1) is 12.2 Å². The summed E-state index contributed by atoms with van der Waals surface area (Å²) in [5.41, 5.74) is 2.03. The molecule has 0 saturated heterocycles. The van der Waals surface area contributed by atoms with Crippen LogP contribution in [0.4, 0.5) is 4.39 Å². The van der Waals surface area contributed by atoms with Gasteiger partial charge in [0.25, 0.3) is 0 Å². The molecule has 0 unspecified atom stereocenters. The summed E-state index contributed by atoms with van der Waals surface area (Å²) in [6, 6.07) is 13.4. The van der Waals surface area contributed by atoms with Gasteiger partial charge in [0, 0.05) is 5.39 Å². The molecule has 1 aliphatic rings. The molecule has 0 bridgehead atoms. The van der Waals surface area contributed by atoms with Crippen molar-refractivity contribution >= 4 is 11.0 Å². The Morgan fingerprint density at radius 3 is 2.38 bits per heavy atom. The third-order valence-electron chi connectivity index (χ3n) is 7.32. The summed E-state index contributed by atoms with van der Waals surface area (Å²) < 4.78 is 25.7. The molecular formula is C30H37FO3. The van der Waals surface area contributed by atoms with Crippen LogP contribution in [0.25, 0.3) is 22.1 Å². The van der Waals surface area contributed by atoms with Crippen molar-refractivity contribution < 1.29 is 13.5 Å². The molecule has 4 rings (SSSR count). The molecule has 3 nitrogen and oxygen atoms in total. The number of ether oxygens (including phenoxy) is 1. The first-order valence-corrected chi connectivity index (χ1v) is 13.1. The van der Waals surface area contributed by atoms with E-state index in [1.165, 1.54) is 56.9 Å². The Labute approximate surface area is 202 Å². The van der Waals surface area contributed by atoms with Crippen LogP contribution < -0.4 is 10.4 Å². The molecule has 0 radical (unpaired) electrons. The molecule has 1 fully saturated rings. The second kappa shape index (κ2) is 11.7. The number of rotatable bonds is 10. The smallest absolute Gasteiger partial charge is 0.344 e. The fourth-order valence-electron chi connectivity index (χ4n) is 5.17. The third-order valence-corrected chi connectivity index (χ3v) is 7.32. The van der Waals surface area contributed by atoms with E-state index in [0.29, 0.717) is 23.5 Å². The van der Waals surface area contributed by atoms with Crippen molar-refractivity contribution in [2.45, 2.75) is 84.0 Å². The first kappa shape index (κ1) is 24.5. The Hall–Kier alpha value is -2.62. The van der Waals surface area contributed by atoms with E-state index in [1.807, 2.05) is 19.1 Å². The lowest BCUT2D eigenvalue weighted by Gasteiger charge is -2.29. The van der Waals surface area contributed by atoms with Crippen LogP contribution in [0.1, 0.15) is 89.5 Å². The number of halogens is 1. The van der Waals surface area contributed by atoms with Crippen molar-refractivity contribution in [3.63, 3.8) is 0 Å². The molecule has 0 N–H and O–H groups in total. The van der Waals surface area contributed by atoms with Crippen LogP contribution in [-0.4, -0.2) is 6.61 Å². The van der Waals surface area contributed by atoms with Crippen molar-refractivity contribution in [3.8, 4) is 16.9 Å². The van der Waals surface area contributed by atoms with Gasteiger partial charge in [-0.15, -0.1) is 0 Å². The van der Waals surface area contributed by atoms with E-state index in [-0.39, 0.29) is 11.3 Å². The van der Waals surface area contributed by atoms with E-state index in [2.05, 4.69) is 19.1 Å². The summed E-state index contributed by atoms with van der Waals surface area (Å²) >= 11 is 0. The molecule has 0 spiro atoms. The van der Waals surface area contributed by atoms with Crippen molar-refractivity contribution in [1.29, 1.82) is 0 Å². The Bertz CT molecular complexity index is 1120. The van der Waals surface area contributed by atoms with Gasteiger partial charge in [-0.05, 0) is 73.3 Å². The van der Waals surface area contributed by atoms with Gasteiger partial charge in [0.1, 0.15) is 0 Å². The Balaban J connectivity index is 1.46. The summed E-state index contributed by atoms with van der Waals surface area (Å²) in [6.45, 7) is 4.75. The standard InChI is InChI=1S/C30H37FO3/c1-3-5-7-8-21-9-11-22(12-10-21)23-13-15-24(16-14-23)26-20-25-17-18-27(33-19-6-4-2)28(31)29(25)34-30(26)32/h13-18,20-22H,3-12,19H2,1-2H3. The van der Waals surface area contributed by atoms with Gasteiger partial charge in [-0.3, -0.25) is 0 Å². The molecule has 3 aromatic rings. The highest BCUT2D eigenvalue weighted by atomic mass is 19.1. The number of benzene rings is 2. The quantitative estimate of drug-likeness (QED) is 0.223. The van der Waals surface area contributed by atoms with Crippen LogP contribution >= 0.6 is 0 Å². The summed E-state index contributed by atoms with van der Waals surface area (Å²) in [4.78, 5) is 12.7. The summed E-state index contributed by atoms with van der Waals surface area (Å²) in [7, 11) is 0. The molecule has 0 aliphatic heterocycles. The van der Waals surface area contributed by atoms with Gasteiger partial charge in [0.2, 0.25) is 5.82 Å². The minimum Gasteiger partial charge on any atom is -0.490 e. The molecule has 1 aliphatic carbocycles. The lowest BCUT2D eigenvalue weighted by Crippen LogP contribution is -2.13. The fourth-order valence-corrected chi connectivity index (χ4v) is 5.17. The van der Waals surface area contributed by atoms with E-state index >= 15 is 0 Å². The summed E-state index contributed by atoms with van der Waals surface area (Å²) in [5.74, 6) is 1.01. The minimum atomic E-state index is -0.613. The highest BCUT2D eigenvalue weighted by molar-refractivity contribution is 5.83. The zero-order valence-corrected chi connectivity index (χ0v) is 20.6. The molecular weight excluding hydrogens is 427 g/mol. The van der Waals surface area contributed by atoms with Crippen LogP contribution in [0.5, 0.6) is 5.75 Å². The highest BCUT2D eigenvalue weighted by Gasteiger charge is 2.22. The second-order valence-corrected chi connectivity index (χ2v) is 9.78. The Kier molecular flexibility index (Phi) is 8.42. The molecule has 182 valence electrons. The zero-order chi connectivity index (χ0) is 23.9. The second-order valence-electron chi connectivity index (χ2n) is 9.78. The molecule has 1 saturated carbocycles. The maximum atomic E-state index is 14.8. The summed E-state index contributed by atoms with van der Waals surface area (Å²) in [5, 5.41) is 0.556. The van der Waals surface area contributed by atoms with Gasteiger partial charge in [-0.1, -0.05) is 70.2 Å². The lowest BCUT2D eigenvalue weighted by molar-refractivity contribution is 0.294. The fraction of sp³-hybridized carbons (Fsp3) is 0.500. The monoisotopic (exact) mass is 464 g/mol. The van der Waals surface area contributed by atoms with Crippen molar-refractivity contribution in [2.75, 3.05) is 6.61 Å². The SMILES string of the molecule is CCCCCC1CCC(c2ccc(-c3cc4ccc(OCCCC)c(F)c4oc3=O)cc2)CC1. The predicted octanol–water partition coefficient (Wildman–Crippen LogP) is 8.63. The van der Waals surface area contributed by atoms with Crippen LogP contribution in [0.15, 0.2) is 51.7 Å². The van der Waals surface area contributed by atoms with Crippen LogP contribution in [0.2, 0.25) is 0 Å². The number of hydrogen-bond acceptors (Lipinski definition) is 3. The Morgan fingerprint density at radius 2 is 1.68 bits per heavy atom. The maximum Gasteiger partial charge on any atom is 0.344 e. The van der Waals surface area contributed by atoms with Gasteiger partial charge in [-0.2, -0.15) is 4.39 Å². The molecule has 4 heteroatoms. The third kappa shape index (κ3) is 5.71. The summed E-state index contributed by atoms with van der Waals surface area (Å²) in [6.07, 6.45) is 12.3. The van der Waals surface area contributed by atoms with Crippen LogP contribution in [0.3, 0.4) is 0 Å². The number of unbranched alkanes of at least 4 members (excludes halogenated alkanes) is 3. The van der Waals surface area contributed by atoms with Gasteiger partial charge in [0.15, 0.2) is 11.3 Å². The van der Waals surface area contributed by atoms with E-state index in [4.69, 9.17) is 9.15 Å². The first-order chi connectivity index (χ1) is 16.6.